The maximum Gasteiger partial charge on any atom is 0.0410 e. The predicted octanol–water partition coefficient (Wildman–Crippen LogP) is 3.59. The average Bonchev–Trinajstić information content (AvgIpc) is 2.15. The van der Waals surface area contributed by atoms with E-state index in [1.165, 1.54) is 23.2 Å². The van der Waals surface area contributed by atoms with Gasteiger partial charge in [0.2, 0.25) is 0 Å². The van der Waals surface area contributed by atoms with Gasteiger partial charge in [-0.15, -0.1) is 0 Å². The summed E-state index contributed by atoms with van der Waals surface area (Å²) in [6.07, 6.45) is 1.21. The van der Waals surface area contributed by atoms with Crippen LogP contribution in [0.5, 0.6) is 0 Å². The molecule has 2 rings (SSSR count). The molecule has 82 valence electrons. The Morgan fingerprint density at radius 3 is 2.67 bits per heavy atom. The molecule has 0 bridgehead atoms. The minimum Gasteiger partial charge on any atom is -0.384 e. The van der Waals surface area contributed by atoms with E-state index in [1.54, 1.807) is 0 Å². The molecule has 15 heavy (non-hydrogen) atoms. The molecule has 0 amide bonds. The number of anilines is 1. The summed E-state index contributed by atoms with van der Waals surface area (Å²) in [7, 11) is 0. The summed E-state index contributed by atoms with van der Waals surface area (Å²) in [5.41, 5.74) is 4.56. The molecule has 0 spiro atoms. The number of fused-ring (bicyclic) bond motifs is 1. The fourth-order valence-electron chi connectivity index (χ4n) is 2.33. The molecular weight excluding hydrogens is 182 g/mol. The van der Waals surface area contributed by atoms with E-state index < -0.39 is 0 Å². The Morgan fingerprint density at radius 2 is 2.00 bits per heavy atom. The van der Waals surface area contributed by atoms with E-state index in [0.717, 1.165) is 12.5 Å². The maximum absolute atomic E-state index is 3.59. The van der Waals surface area contributed by atoms with Gasteiger partial charge in [-0.2, -0.15) is 0 Å². The number of hydrogen-bond acceptors (Lipinski definition) is 1. The summed E-state index contributed by atoms with van der Waals surface area (Å²) >= 11 is 0. The van der Waals surface area contributed by atoms with Crippen molar-refractivity contribution in [2.45, 2.75) is 39.5 Å². The fourth-order valence-corrected chi connectivity index (χ4v) is 2.33. The lowest BCUT2D eigenvalue weighted by molar-refractivity contribution is 0.567. The number of rotatable bonds is 0. The van der Waals surface area contributed by atoms with Crippen molar-refractivity contribution in [2.24, 2.45) is 5.92 Å². The Bertz CT molecular complexity index is 360. The van der Waals surface area contributed by atoms with Gasteiger partial charge in [-0.05, 0) is 28.9 Å². The van der Waals surface area contributed by atoms with Crippen molar-refractivity contribution in [3.63, 3.8) is 0 Å². The van der Waals surface area contributed by atoms with Crippen LogP contribution in [0.25, 0.3) is 0 Å². The molecule has 0 saturated carbocycles. The summed E-state index contributed by atoms with van der Waals surface area (Å²) in [5, 5.41) is 3.59. The van der Waals surface area contributed by atoms with Crippen LogP contribution in [-0.2, 0) is 11.8 Å². The number of benzene rings is 1. The van der Waals surface area contributed by atoms with Crippen LogP contribution in [0.1, 0.15) is 38.8 Å². The van der Waals surface area contributed by atoms with Gasteiger partial charge in [-0.1, -0.05) is 45.9 Å². The first kappa shape index (κ1) is 10.5. The van der Waals surface area contributed by atoms with E-state index in [1.807, 2.05) is 0 Å². The molecule has 0 fully saturated rings. The predicted molar refractivity (Wildman–Crippen MR) is 66.5 cm³/mol. The highest BCUT2D eigenvalue weighted by Gasteiger charge is 2.23. The molecular formula is C14H21N. The largest absolute Gasteiger partial charge is 0.384 e. The van der Waals surface area contributed by atoms with Crippen LogP contribution >= 0.6 is 0 Å². The molecule has 1 aliphatic rings. The summed E-state index contributed by atoms with van der Waals surface area (Å²) in [6, 6.07) is 6.70. The molecule has 0 aliphatic carbocycles. The first-order chi connectivity index (χ1) is 6.98. The van der Waals surface area contributed by atoms with E-state index in [9.17, 15) is 0 Å². The average molecular weight is 203 g/mol. The third-order valence-electron chi connectivity index (χ3n) is 3.15. The highest BCUT2D eigenvalue weighted by atomic mass is 14.9. The zero-order valence-electron chi connectivity index (χ0n) is 10.2. The van der Waals surface area contributed by atoms with Gasteiger partial charge in [0.25, 0.3) is 0 Å². The van der Waals surface area contributed by atoms with Gasteiger partial charge in [0, 0.05) is 12.2 Å². The minimum atomic E-state index is 0.235. The molecule has 1 aromatic rings. The molecule has 1 aromatic carbocycles. The van der Waals surface area contributed by atoms with E-state index >= 15 is 0 Å². The van der Waals surface area contributed by atoms with Gasteiger partial charge >= 0.3 is 0 Å². The Balaban J connectivity index is 2.47. The normalized spacial score (nSPS) is 20.7. The monoisotopic (exact) mass is 203 g/mol. The lowest BCUT2D eigenvalue weighted by atomic mass is 9.82. The third kappa shape index (κ3) is 2.01. The lowest BCUT2D eigenvalue weighted by Gasteiger charge is -2.30. The molecule has 0 aromatic heterocycles. The van der Waals surface area contributed by atoms with Gasteiger partial charge in [-0.25, -0.2) is 0 Å². The molecule has 1 atom stereocenters. The zero-order chi connectivity index (χ0) is 11.1. The van der Waals surface area contributed by atoms with Crippen LogP contribution in [0.15, 0.2) is 18.2 Å². The van der Waals surface area contributed by atoms with Crippen molar-refractivity contribution in [2.75, 3.05) is 11.9 Å². The van der Waals surface area contributed by atoms with Crippen LogP contribution < -0.4 is 5.32 Å². The second-order valence-electron chi connectivity index (χ2n) is 5.78. The highest BCUT2D eigenvalue weighted by molar-refractivity contribution is 5.61. The summed E-state index contributed by atoms with van der Waals surface area (Å²) in [6.45, 7) is 10.3. The van der Waals surface area contributed by atoms with E-state index in [2.05, 4.69) is 51.2 Å². The molecule has 1 heteroatoms. The quantitative estimate of drug-likeness (QED) is 0.679. The van der Waals surface area contributed by atoms with Crippen molar-refractivity contribution in [3.8, 4) is 0 Å². The van der Waals surface area contributed by atoms with Crippen molar-refractivity contribution in [1.29, 1.82) is 0 Å². The minimum absolute atomic E-state index is 0.235. The van der Waals surface area contributed by atoms with Crippen molar-refractivity contribution >= 4 is 5.69 Å². The van der Waals surface area contributed by atoms with E-state index in [-0.39, 0.29) is 5.41 Å². The molecule has 1 N–H and O–H groups in total. The Labute approximate surface area is 92.9 Å². The second-order valence-corrected chi connectivity index (χ2v) is 5.78. The molecule has 1 nitrogen and oxygen atoms in total. The molecule has 1 aliphatic heterocycles. The lowest BCUT2D eigenvalue weighted by Crippen LogP contribution is -2.24. The first-order valence-electron chi connectivity index (χ1n) is 5.84. The van der Waals surface area contributed by atoms with Gasteiger partial charge in [0.05, 0.1) is 0 Å². The van der Waals surface area contributed by atoms with Crippen LogP contribution in [0.3, 0.4) is 0 Å². The van der Waals surface area contributed by atoms with Crippen LogP contribution in [0, 0.1) is 5.92 Å². The van der Waals surface area contributed by atoms with E-state index in [0.29, 0.717) is 0 Å². The summed E-state index contributed by atoms with van der Waals surface area (Å²) in [5.74, 6) is 0.757. The van der Waals surface area contributed by atoms with Crippen molar-refractivity contribution in [1.82, 2.24) is 0 Å². The van der Waals surface area contributed by atoms with Gasteiger partial charge in [0.1, 0.15) is 0 Å². The van der Waals surface area contributed by atoms with Crippen molar-refractivity contribution < 1.29 is 0 Å². The van der Waals surface area contributed by atoms with Crippen LogP contribution in [0.4, 0.5) is 5.69 Å². The fraction of sp³-hybridized carbons (Fsp3) is 0.571. The van der Waals surface area contributed by atoms with Crippen LogP contribution in [-0.4, -0.2) is 6.54 Å². The van der Waals surface area contributed by atoms with E-state index in [4.69, 9.17) is 0 Å². The number of para-hydroxylation sites is 1. The van der Waals surface area contributed by atoms with Gasteiger partial charge in [-0.3, -0.25) is 0 Å². The van der Waals surface area contributed by atoms with Gasteiger partial charge in [0.15, 0.2) is 0 Å². The van der Waals surface area contributed by atoms with Crippen LogP contribution in [0.2, 0.25) is 0 Å². The molecule has 1 unspecified atom stereocenters. The second kappa shape index (κ2) is 3.55. The van der Waals surface area contributed by atoms with Crippen molar-refractivity contribution in [3.05, 3.63) is 29.3 Å². The standard InChI is InChI=1S/C14H21N/c1-10-8-11-6-5-7-12(14(2,3)4)13(11)15-9-10/h5-7,10,15H,8-9H2,1-4H3. The van der Waals surface area contributed by atoms with Gasteiger partial charge < -0.3 is 5.32 Å². The topological polar surface area (TPSA) is 12.0 Å². The first-order valence-corrected chi connectivity index (χ1v) is 5.84. The smallest absolute Gasteiger partial charge is 0.0410 e. The Morgan fingerprint density at radius 1 is 1.27 bits per heavy atom. The molecule has 0 saturated heterocycles. The highest BCUT2D eigenvalue weighted by Crippen LogP contribution is 2.35. The summed E-state index contributed by atoms with van der Waals surface area (Å²) in [4.78, 5) is 0. The SMILES string of the molecule is CC1CNc2c(cccc2C(C)(C)C)C1. The Kier molecular flexibility index (Phi) is 2.49. The third-order valence-corrected chi connectivity index (χ3v) is 3.15. The zero-order valence-corrected chi connectivity index (χ0v) is 10.2. The molecule has 0 radical (unpaired) electrons. The number of nitrogens with one attached hydrogen (secondary N) is 1. The summed E-state index contributed by atoms with van der Waals surface area (Å²) < 4.78 is 0. The Hall–Kier alpha value is -0.980. The number of hydrogen-bond donors (Lipinski definition) is 1. The molecule has 1 heterocycles. The maximum atomic E-state index is 3.59.